The van der Waals surface area contributed by atoms with Crippen LogP contribution in [0.1, 0.15) is 32.8 Å². The summed E-state index contributed by atoms with van der Waals surface area (Å²) in [5, 5.41) is 2.26. The Morgan fingerprint density at radius 2 is 1.90 bits per heavy atom. The van der Waals surface area contributed by atoms with Crippen molar-refractivity contribution in [3.63, 3.8) is 0 Å². The predicted octanol–water partition coefficient (Wildman–Crippen LogP) is 2.37. The highest BCUT2D eigenvalue weighted by molar-refractivity contribution is 7.92. The largest absolute Gasteiger partial charge is 0.398 e. The van der Waals surface area contributed by atoms with Crippen LogP contribution in [-0.2, 0) is 14.6 Å². The average Bonchev–Trinajstić information content (AvgIpc) is 2.41. The zero-order chi connectivity index (χ0) is 16.2. The number of carbonyl (C=O) groups excluding carboxylic acids is 1. The molecule has 1 aromatic rings. The Morgan fingerprint density at radius 3 is 2.48 bits per heavy atom. The summed E-state index contributed by atoms with van der Waals surface area (Å²) in [5.41, 5.74) is 7.76. The van der Waals surface area contributed by atoms with E-state index in [9.17, 15) is 13.2 Å². The first-order valence-corrected chi connectivity index (χ1v) is 8.73. The number of sulfone groups is 1. The maximum atomic E-state index is 12.0. The molecule has 1 unspecified atom stereocenters. The fraction of sp³-hybridized carbons (Fsp3) is 0.533. The smallest absolute Gasteiger partial charge is 0.225 e. The molecule has 0 aliphatic heterocycles. The molecule has 6 heteroatoms. The van der Waals surface area contributed by atoms with Gasteiger partial charge >= 0.3 is 0 Å². The van der Waals surface area contributed by atoms with Gasteiger partial charge in [-0.25, -0.2) is 8.42 Å². The number of hydrogen-bond acceptors (Lipinski definition) is 4. The molecule has 3 N–H and O–H groups in total. The topological polar surface area (TPSA) is 89.3 Å². The van der Waals surface area contributed by atoms with Crippen LogP contribution in [0, 0.1) is 12.8 Å². The monoisotopic (exact) mass is 312 g/mol. The van der Waals surface area contributed by atoms with E-state index < -0.39 is 15.1 Å². The van der Waals surface area contributed by atoms with Gasteiger partial charge in [-0.15, -0.1) is 0 Å². The van der Waals surface area contributed by atoms with E-state index in [2.05, 4.69) is 5.32 Å². The Kier molecular flexibility index (Phi) is 5.78. The third-order valence-electron chi connectivity index (χ3n) is 3.77. The van der Waals surface area contributed by atoms with Gasteiger partial charge in [0.15, 0.2) is 9.84 Å². The minimum atomic E-state index is -3.25. The Bertz CT molecular complexity index is 609. The zero-order valence-electron chi connectivity index (χ0n) is 13.0. The van der Waals surface area contributed by atoms with Gasteiger partial charge in [-0.2, -0.15) is 0 Å². The second-order valence-corrected chi connectivity index (χ2v) is 8.11. The minimum Gasteiger partial charge on any atom is -0.398 e. The van der Waals surface area contributed by atoms with E-state index in [1.807, 2.05) is 20.8 Å². The summed E-state index contributed by atoms with van der Waals surface area (Å²) in [6.45, 7) is 7.21. The molecule has 5 nitrogen and oxygen atoms in total. The van der Waals surface area contributed by atoms with Gasteiger partial charge in [0.05, 0.1) is 11.0 Å². The van der Waals surface area contributed by atoms with Gasteiger partial charge in [0, 0.05) is 17.8 Å². The van der Waals surface area contributed by atoms with E-state index in [1.165, 1.54) is 0 Å². The van der Waals surface area contributed by atoms with Gasteiger partial charge in [-0.05, 0) is 37.5 Å². The predicted molar refractivity (Wildman–Crippen MR) is 86.9 cm³/mol. The fourth-order valence-corrected chi connectivity index (χ4v) is 3.51. The molecule has 0 aromatic heterocycles. The van der Waals surface area contributed by atoms with Gasteiger partial charge in [-0.3, -0.25) is 4.79 Å². The molecule has 0 aliphatic rings. The van der Waals surface area contributed by atoms with E-state index in [-0.39, 0.29) is 24.0 Å². The van der Waals surface area contributed by atoms with Crippen LogP contribution in [0.5, 0.6) is 0 Å². The first kappa shape index (κ1) is 17.5. The van der Waals surface area contributed by atoms with Crippen molar-refractivity contribution in [2.24, 2.45) is 5.92 Å². The Balaban J connectivity index is 2.65. The van der Waals surface area contributed by atoms with Crippen LogP contribution >= 0.6 is 0 Å². The van der Waals surface area contributed by atoms with Crippen LogP contribution in [0.15, 0.2) is 18.2 Å². The number of benzene rings is 1. The van der Waals surface area contributed by atoms with E-state index >= 15 is 0 Å². The van der Waals surface area contributed by atoms with Crippen LogP contribution in [0.3, 0.4) is 0 Å². The number of amides is 1. The first-order chi connectivity index (χ1) is 9.65. The SMILES string of the molecule is Cc1c(N)cccc1NC(=O)CCS(=O)(=O)C(C)C(C)C. The number of nitrogen functional groups attached to an aromatic ring is 1. The molecule has 0 aliphatic carbocycles. The molecular formula is C15H24N2O3S. The summed E-state index contributed by atoms with van der Waals surface area (Å²) in [6, 6.07) is 5.24. The molecule has 0 saturated carbocycles. The second-order valence-electron chi connectivity index (χ2n) is 5.63. The molecule has 0 heterocycles. The summed E-state index contributed by atoms with van der Waals surface area (Å²) in [4.78, 5) is 11.9. The number of nitrogens with two attached hydrogens (primary N) is 1. The van der Waals surface area contributed by atoms with Gasteiger partial charge in [0.1, 0.15) is 0 Å². The maximum Gasteiger partial charge on any atom is 0.225 e. The Labute approximate surface area is 126 Å². The maximum absolute atomic E-state index is 12.0. The van der Waals surface area contributed by atoms with Crippen molar-refractivity contribution in [3.8, 4) is 0 Å². The molecule has 1 amide bonds. The lowest BCUT2D eigenvalue weighted by molar-refractivity contribution is -0.115. The molecule has 1 atom stereocenters. The molecule has 0 radical (unpaired) electrons. The number of rotatable bonds is 6. The summed E-state index contributed by atoms with van der Waals surface area (Å²) in [6.07, 6.45) is -0.0480. The third-order valence-corrected chi connectivity index (χ3v) is 6.22. The van der Waals surface area contributed by atoms with Crippen molar-refractivity contribution in [3.05, 3.63) is 23.8 Å². The number of hydrogen-bond donors (Lipinski definition) is 2. The van der Waals surface area contributed by atoms with Gasteiger partial charge in [0.25, 0.3) is 0 Å². The van der Waals surface area contributed by atoms with Crippen molar-refractivity contribution < 1.29 is 13.2 Å². The third kappa shape index (κ3) is 4.74. The van der Waals surface area contributed by atoms with Crippen molar-refractivity contribution >= 4 is 27.1 Å². The zero-order valence-corrected chi connectivity index (χ0v) is 13.8. The highest BCUT2D eigenvalue weighted by atomic mass is 32.2. The second kappa shape index (κ2) is 6.93. The van der Waals surface area contributed by atoms with Crippen LogP contribution in [-0.4, -0.2) is 25.3 Å². The standard InChI is InChI=1S/C15H24N2O3S/c1-10(2)12(4)21(19,20)9-8-15(18)17-14-7-5-6-13(16)11(14)3/h5-7,10,12H,8-9,16H2,1-4H3,(H,17,18). The molecule has 0 saturated heterocycles. The lowest BCUT2D eigenvalue weighted by atomic mass is 10.1. The van der Waals surface area contributed by atoms with Crippen LogP contribution in [0.4, 0.5) is 11.4 Å². The number of anilines is 2. The Hall–Kier alpha value is -1.56. The van der Waals surface area contributed by atoms with Crippen molar-refractivity contribution in [1.29, 1.82) is 0 Å². The van der Waals surface area contributed by atoms with Crippen LogP contribution < -0.4 is 11.1 Å². The first-order valence-electron chi connectivity index (χ1n) is 7.01. The lowest BCUT2D eigenvalue weighted by Gasteiger charge is -2.16. The highest BCUT2D eigenvalue weighted by Crippen LogP contribution is 2.21. The number of nitrogens with one attached hydrogen (secondary N) is 1. The molecule has 21 heavy (non-hydrogen) atoms. The quantitative estimate of drug-likeness (QED) is 0.789. The lowest BCUT2D eigenvalue weighted by Crippen LogP contribution is -2.28. The average molecular weight is 312 g/mol. The summed E-state index contributed by atoms with van der Waals surface area (Å²) in [5.74, 6) is -0.419. The van der Waals surface area contributed by atoms with Gasteiger partial charge < -0.3 is 11.1 Å². The molecule has 1 rings (SSSR count). The molecule has 1 aromatic carbocycles. The molecule has 0 spiro atoms. The molecule has 118 valence electrons. The fourth-order valence-electron chi connectivity index (χ4n) is 1.84. The van der Waals surface area contributed by atoms with Crippen LogP contribution in [0.25, 0.3) is 0 Å². The van der Waals surface area contributed by atoms with E-state index in [0.717, 1.165) is 5.56 Å². The Morgan fingerprint density at radius 1 is 1.29 bits per heavy atom. The highest BCUT2D eigenvalue weighted by Gasteiger charge is 2.24. The molecule has 0 fully saturated rings. The van der Waals surface area contributed by atoms with E-state index in [1.54, 1.807) is 25.1 Å². The minimum absolute atomic E-state index is 0.0363. The number of carbonyl (C=O) groups is 1. The summed E-state index contributed by atoms with van der Waals surface area (Å²) < 4.78 is 24.1. The summed E-state index contributed by atoms with van der Waals surface area (Å²) in [7, 11) is -3.25. The van der Waals surface area contributed by atoms with E-state index in [4.69, 9.17) is 5.73 Å². The van der Waals surface area contributed by atoms with Crippen molar-refractivity contribution in [1.82, 2.24) is 0 Å². The summed E-state index contributed by atoms with van der Waals surface area (Å²) >= 11 is 0. The normalized spacial score (nSPS) is 13.2. The van der Waals surface area contributed by atoms with Crippen LogP contribution in [0.2, 0.25) is 0 Å². The molecular weight excluding hydrogens is 288 g/mol. The van der Waals surface area contributed by atoms with Gasteiger partial charge in [0.2, 0.25) is 5.91 Å². The van der Waals surface area contributed by atoms with Crippen molar-refractivity contribution in [2.75, 3.05) is 16.8 Å². The van der Waals surface area contributed by atoms with E-state index in [0.29, 0.717) is 11.4 Å². The van der Waals surface area contributed by atoms with Gasteiger partial charge in [-0.1, -0.05) is 19.9 Å². The molecule has 0 bridgehead atoms. The van der Waals surface area contributed by atoms with Crippen molar-refractivity contribution in [2.45, 2.75) is 39.4 Å².